The molecule has 0 aliphatic carbocycles. The zero-order chi connectivity index (χ0) is 20.5. The van der Waals surface area contributed by atoms with Crippen molar-refractivity contribution in [2.24, 2.45) is 0 Å². The summed E-state index contributed by atoms with van der Waals surface area (Å²) in [4.78, 5) is 14.0. The first-order valence-electron chi connectivity index (χ1n) is 8.77. The van der Waals surface area contributed by atoms with Gasteiger partial charge >= 0.3 is 0 Å². The van der Waals surface area contributed by atoms with Crippen LogP contribution in [0, 0.1) is 11.6 Å². The van der Waals surface area contributed by atoms with Gasteiger partial charge in [0.2, 0.25) is 10.0 Å². The molecular formula is C19H21F2N3O3S. The third kappa shape index (κ3) is 4.15. The minimum absolute atomic E-state index is 0.0474. The topological polar surface area (TPSA) is 69.7 Å². The van der Waals surface area contributed by atoms with Crippen LogP contribution in [0.5, 0.6) is 0 Å². The van der Waals surface area contributed by atoms with Crippen LogP contribution >= 0.6 is 0 Å². The lowest BCUT2D eigenvalue weighted by Crippen LogP contribution is -2.24. The fourth-order valence-corrected chi connectivity index (χ4v) is 4.03. The number of amides is 1. The Morgan fingerprint density at radius 1 is 1.07 bits per heavy atom. The van der Waals surface area contributed by atoms with Crippen LogP contribution in [0.3, 0.4) is 0 Å². The highest BCUT2D eigenvalue weighted by molar-refractivity contribution is 7.89. The molecule has 0 aromatic heterocycles. The normalized spacial score (nSPS) is 14.5. The first-order valence-corrected chi connectivity index (χ1v) is 10.2. The highest BCUT2D eigenvalue weighted by Gasteiger charge is 2.23. The number of rotatable bonds is 5. The van der Waals surface area contributed by atoms with E-state index in [9.17, 15) is 22.0 Å². The van der Waals surface area contributed by atoms with Crippen molar-refractivity contribution in [2.75, 3.05) is 37.4 Å². The van der Waals surface area contributed by atoms with Crippen LogP contribution in [0.15, 0.2) is 41.3 Å². The van der Waals surface area contributed by atoms with Crippen molar-refractivity contribution in [3.8, 4) is 0 Å². The molecule has 2 aromatic rings. The number of hydrogen-bond acceptors (Lipinski definition) is 4. The maximum absolute atomic E-state index is 14.0. The van der Waals surface area contributed by atoms with Crippen molar-refractivity contribution < 1.29 is 22.0 Å². The maximum Gasteiger partial charge on any atom is 0.255 e. The highest BCUT2D eigenvalue weighted by Crippen LogP contribution is 2.26. The number of benzene rings is 2. The molecule has 3 rings (SSSR count). The number of halogens is 2. The van der Waals surface area contributed by atoms with Crippen molar-refractivity contribution in [1.82, 2.24) is 4.31 Å². The SMILES string of the molecule is CN(C)S(=O)(=O)c1cc(C(=O)Nc2cc(F)cc(N3CCCC3)c2)ccc1F. The molecule has 1 saturated heterocycles. The van der Waals surface area contributed by atoms with Gasteiger partial charge in [-0.1, -0.05) is 0 Å². The summed E-state index contributed by atoms with van der Waals surface area (Å²) >= 11 is 0. The molecule has 0 spiro atoms. The van der Waals surface area contributed by atoms with Gasteiger partial charge in [-0.25, -0.2) is 21.5 Å². The van der Waals surface area contributed by atoms with E-state index < -0.39 is 32.5 Å². The minimum atomic E-state index is -4.05. The number of sulfonamides is 1. The maximum atomic E-state index is 14.0. The standard InChI is InChI=1S/C19H21F2N3O3S/c1-23(2)28(26,27)18-9-13(5-6-17(18)21)19(25)22-15-10-14(20)11-16(12-15)24-7-3-4-8-24/h5-6,9-12H,3-4,7-8H2,1-2H3,(H,22,25). The summed E-state index contributed by atoms with van der Waals surface area (Å²) in [5, 5.41) is 2.55. The van der Waals surface area contributed by atoms with Crippen LogP contribution in [0.4, 0.5) is 20.2 Å². The number of hydrogen-bond donors (Lipinski definition) is 1. The smallest absolute Gasteiger partial charge is 0.255 e. The Hall–Kier alpha value is -2.52. The summed E-state index contributed by atoms with van der Waals surface area (Å²) in [5.41, 5.74) is 0.866. The van der Waals surface area contributed by atoms with Crippen LogP contribution in [-0.4, -0.2) is 45.8 Å². The van der Waals surface area contributed by atoms with Gasteiger partial charge in [0, 0.05) is 44.1 Å². The largest absolute Gasteiger partial charge is 0.371 e. The zero-order valence-electron chi connectivity index (χ0n) is 15.6. The van der Waals surface area contributed by atoms with Gasteiger partial charge < -0.3 is 10.2 Å². The van der Waals surface area contributed by atoms with E-state index in [4.69, 9.17) is 0 Å². The summed E-state index contributed by atoms with van der Waals surface area (Å²) in [5.74, 6) is -2.10. The molecule has 0 saturated carbocycles. The van der Waals surface area contributed by atoms with Gasteiger partial charge in [-0.15, -0.1) is 0 Å². The monoisotopic (exact) mass is 409 g/mol. The van der Waals surface area contributed by atoms with E-state index in [1.165, 1.54) is 32.3 Å². The van der Waals surface area contributed by atoms with Crippen molar-refractivity contribution in [3.63, 3.8) is 0 Å². The minimum Gasteiger partial charge on any atom is -0.371 e. The van der Waals surface area contributed by atoms with E-state index in [-0.39, 0.29) is 11.3 Å². The predicted molar refractivity (Wildman–Crippen MR) is 103 cm³/mol. The van der Waals surface area contributed by atoms with E-state index in [2.05, 4.69) is 5.32 Å². The summed E-state index contributed by atoms with van der Waals surface area (Å²) < 4.78 is 53.3. The van der Waals surface area contributed by atoms with Gasteiger partial charge in [-0.05, 0) is 49.2 Å². The molecule has 1 amide bonds. The molecule has 1 aliphatic rings. The van der Waals surface area contributed by atoms with E-state index in [0.717, 1.165) is 42.4 Å². The molecule has 0 atom stereocenters. The Morgan fingerprint density at radius 3 is 2.39 bits per heavy atom. The summed E-state index contributed by atoms with van der Waals surface area (Å²) in [6, 6.07) is 7.32. The molecular weight excluding hydrogens is 388 g/mol. The van der Waals surface area contributed by atoms with Gasteiger partial charge in [0.15, 0.2) is 0 Å². The molecule has 0 unspecified atom stereocenters. The lowest BCUT2D eigenvalue weighted by Gasteiger charge is -2.19. The number of carbonyl (C=O) groups is 1. The molecule has 0 bridgehead atoms. The molecule has 9 heteroatoms. The lowest BCUT2D eigenvalue weighted by atomic mass is 10.2. The van der Waals surface area contributed by atoms with Crippen molar-refractivity contribution >= 4 is 27.3 Å². The molecule has 28 heavy (non-hydrogen) atoms. The summed E-state index contributed by atoms with van der Waals surface area (Å²) in [6.45, 7) is 1.64. The summed E-state index contributed by atoms with van der Waals surface area (Å²) in [6.07, 6.45) is 2.05. The van der Waals surface area contributed by atoms with Gasteiger partial charge in [0.1, 0.15) is 16.5 Å². The van der Waals surface area contributed by atoms with Crippen molar-refractivity contribution in [3.05, 3.63) is 53.6 Å². The van der Waals surface area contributed by atoms with E-state index in [0.29, 0.717) is 5.69 Å². The van der Waals surface area contributed by atoms with Gasteiger partial charge in [-0.3, -0.25) is 4.79 Å². The lowest BCUT2D eigenvalue weighted by molar-refractivity contribution is 0.102. The van der Waals surface area contributed by atoms with Gasteiger partial charge in [-0.2, -0.15) is 0 Å². The molecule has 150 valence electrons. The predicted octanol–water partition coefficient (Wildman–Crippen LogP) is 3.07. The quantitative estimate of drug-likeness (QED) is 0.824. The van der Waals surface area contributed by atoms with Crippen LogP contribution in [0.1, 0.15) is 23.2 Å². The fourth-order valence-electron chi connectivity index (χ4n) is 3.05. The number of nitrogens with zero attached hydrogens (tertiary/aromatic N) is 2. The highest BCUT2D eigenvalue weighted by atomic mass is 32.2. The molecule has 6 nitrogen and oxygen atoms in total. The molecule has 1 aliphatic heterocycles. The second-order valence-electron chi connectivity index (χ2n) is 6.78. The Labute approximate surface area is 162 Å². The van der Waals surface area contributed by atoms with Crippen LogP contribution in [-0.2, 0) is 10.0 Å². The second kappa shape index (κ2) is 7.84. The van der Waals surface area contributed by atoms with E-state index in [1.54, 1.807) is 6.07 Å². The number of carbonyl (C=O) groups excluding carboxylic acids is 1. The molecule has 1 N–H and O–H groups in total. The third-order valence-electron chi connectivity index (χ3n) is 4.56. The van der Waals surface area contributed by atoms with Gasteiger partial charge in [0.25, 0.3) is 5.91 Å². The van der Waals surface area contributed by atoms with Gasteiger partial charge in [0.05, 0.1) is 0 Å². The van der Waals surface area contributed by atoms with Crippen molar-refractivity contribution in [2.45, 2.75) is 17.7 Å². The average Bonchev–Trinajstić information content (AvgIpc) is 3.16. The first-order chi connectivity index (χ1) is 13.2. The fraction of sp³-hybridized carbons (Fsp3) is 0.316. The Balaban J connectivity index is 1.88. The number of anilines is 2. The zero-order valence-corrected chi connectivity index (χ0v) is 16.4. The first kappa shape index (κ1) is 20.2. The van der Waals surface area contributed by atoms with E-state index >= 15 is 0 Å². The van der Waals surface area contributed by atoms with Crippen LogP contribution in [0.25, 0.3) is 0 Å². The molecule has 2 aromatic carbocycles. The van der Waals surface area contributed by atoms with E-state index in [1.807, 2.05) is 4.90 Å². The molecule has 1 heterocycles. The molecule has 1 fully saturated rings. The Bertz CT molecular complexity index is 1000. The Kier molecular flexibility index (Phi) is 5.66. The van der Waals surface area contributed by atoms with Crippen molar-refractivity contribution in [1.29, 1.82) is 0 Å². The van der Waals surface area contributed by atoms with Crippen LogP contribution < -0.4 is 10.2 Å². The Morgan fingerprint density at radius 2 is 1.75 bits per heavy atom. The summed E-state index contributed by atoms with van der Waals surface area (Å²) in [7, 11) is -1.51. The number of nitrogens with one attached hydrogen (secondary N) is 1. The second-order valence-corrected chi connectivity index (χ2v) is 8.90. The third-order valence-corrected chi connectivity index (χ3v) is 6.39. The van der Waals surface area contributed by atoms with Crippen LogP contribution in [0.2, 0.25) is 0 Å². The molecule has 0 radical (unpaired) electrons. The average molecular weight is 409 g/mol.